The lowest BCUT2D eigenvalue weighted by molar-refractivity contribution is 0.407. The van der Waals surface area contributed by atoms with Crippen molar-refractivity contribution in [3.8, 4) is 23.2 Å². The van der Waals surface area contributed by atoms with Crippen molar-refractivity contribution in [2.45, 2.75) is 32.7 Å². The van der Waals surface area contributed by atoms with Gasteiger partial charge in [0.15, 0.2) is 17.4 Å². The van der Waals surface area contributed by atoms with E-state index < -0.39 is 0 Å². The summed E-state index contributed by atoms with van der Waals surface area (Å²) < 4.78 is 12.5. The third-order valence-electron chi connectivity index (χ3n) is 3.86. The van der Waals surface area contributed by atoms with Crippen molar-refractivity contribution in [2.24, 2.45) is 0 Å². The number of furan rings is 1. The zero-order chi connectivity index (χ0) is 17.1. The first-order valence-electron chi connectivity index (χ1n) is 8.25. The van der Waals surface area contributed by atoms with E-state index in [1.165, 1.54) is 0 Å². The first kappa shape index (κ1) is 15.4. The normalized spacial score (nSPS) is 11.2. The molecule has 0 atom stereocenters. The summed E-state index contributed by atoms with van der Waals surface area (Å²) >= 11 is 0. The van der Waals surface area contributed by atoms with E-state index in [4.69, 9.17) is 8.94 Å². The molecule has 4 rings (SSSR count). The fourth-order valence-electron chi connectivity index (χ4n) is 2.60. The summed E-state index contributed by atoms with van der Waals surface area (Å²) in [6.45, 7) is 2.61. The molecule has 0 spiro atoms. The van der Waals surface area contributed by atoms with Crippen LogP contribution in [0.15, 0.2) is 45.9 Å². The Morgan fingerprint density at radius 2 is 2.24 bits per heavy atom. The van der Waals surface area contributed by atoms with Crippen LogP contribution in [0.4, 0.5) is 0 Å². The summed E-state index contributed by atoms with van der Waals surface area (Å²) in [5.74, 6) is 3.24. The Balaban J connectivity index is 1.53. The Morgan fingerprint density at radius 3 is 3.08 bits per heavy atom. The van der Waals surface area contributed by atoms with E-state index in [1.807, 2.05) is 17.0 Å². The van der Waals surface area contributed by atoms with Crippen LogP contribution in [0.1, 0.15) is 31.4 Å². The maximum atomic E-state index is 5.27. The number of nitrogens with zero attached hydrogens (tertiary/aromatic N) is 5. The molecule has 0 aliphatic rings. The highest BCUT2D eigenvalue weighted by Crippen LogP contribution is 2.19. The van der Waals surface area contributed by atoms with Gasteiger partial charge in [0, 0.05) is 18.8 Å². The summed E-state index contributed by atoms with van der Waals surface area (Å²) in [5, 5.41) is 4.01. The molecule has 128 valence electrons. The maximum absolute atomic E-state index is 5.27. The molecule has 0 aromatic carbocycles. The Kier molecular flexibility index (Phi) is 4.16. The van der Waals surface area contributed by atoms with Crippen molar-refractivity contribution in [2.75, 3.05) is 0 Å². The van der Waals surface area contributed by atoms with Crippen molar-refractivity contribution >= 4 is 0 Å². The number of rotatable bonds is 7. The van der Waals surface area contributed by atoms with E-state index in [0.717, 1.165) is 36.6 Å². The summed E-state index contributed by atoms with van der Waals surface area (Å²) in [5.41, 5.74) is 0.880. The number of aromatic amines is 1. The van der Waals surface area contributed by atoms with Crippen LogP contribution in [0.3, 0.4) is 0 Å². The third kappa shape index (κ3) is 3.23. The average Bonchev–Trinajstić information content (AvgIpc) is 3.39. The van der Waals surface area contributed by atoms with Gasteiger partial charge in [-0.1, -0.05) is 18.5 Å². The van der Waals surface area contributed by atoms with E-state index in [9.17, 15) is 0 Å². The summed E-state index contributed by atoms with van der Waals surface area (Å²) in [6, 6.07) is 3.56. The van der Waals surface area contributed by atoms with E-state index in [0.29, 0.717) is 24.0 Å². The van der Waals surface area contributed by atoms with Gasteiger partial charge in [-0.2, -0.15) is 4.98 Å². The Morgan fingerprint density at radius 1 is 1.28 bits per heavy atom. The SMILES string of the molecule is CCCCc1ncc(-c2nccn2Cc2noc(-c3ccco3)n2)[nH]1. The van der Waals surface area contributed by atoms with Crippen molar-refractivity contribution in [3.63, 3.8) is 0 Å². The van der Waals surface area contributed by atoms with Crippen molar-refractivity contribution in [1.82, 2.24) is 29.7 Å². The molecule has 1 N–H and O–H groups in total. The van der Waals surface area contributed by atoms with Crippen molar-refractivity contribution in [1.29, 1.82) is 0 Å². The topological polar surface area (TPSA) is 98.6 Å². The monoisotopic (exact) mass is 338 g/mol. The average molecular weight is 338 g/mol. The van der Waals surface area contributed by atoms with Crippen LogP contribution in [0, 0.1) is 0 Å². The lowest BCUT2D eigenvalue weighted by Gasteiger charge is -2.02. The quantitative estimate of drug-likeness (QED) is 0.555. The Labute approximate surface area is 143 Å². The molecule has 0 bridgehead atoms. The van der Waals surface area contributed by atoms with Crippen LogP contribution < -0.4 is 0 Å². The molecule has 0 unspecified atom stereocenters. The highest BCUT2D eigenvalue weighted by Gasteiger charge is 2.14. The largest absolute Gasteiger partial charge is 0.459 e. The van der Waals surface area contributed by atoms with Gasteiger partial charge in [0.25, 0.3) is 5.89 Å². The van der Waals surface area contributed by atoms with E-state index >= 15 is 0 Å². The van der Waals surface area contributed by atoms with Crippen LogP contribution in [0.25, 0.3) is 23.2 Å². The smallest absolute Gasteiger partial charge is 0.293 e. The van der Waals surface area contributed by atoms with E-state index in [2.05, 4.69) is 32.0 Å². The molecule has 4 aromatic heterocycles. The second-order valence-corrected chi connectivity index (χ2v) is 5.72. The predicted molar refractivity (Wildman–Crippen MR) is 89.5 cm³/mol. The first-order valence-corrected chi connectivity index (χ1v) is 8.25. The minimum absolute atomic E-state index is 0.366. The van der Waals surface area contributed by atoms with Gasteiger partial charge < -0.3 is 18.5 Å². The summed E-state index contributed by atoms with van der Waals surface area (Å²) in [4.78, 5) is 16.5. The fourth-order valence-corrected chi connectivity index (χ4v) is 2.60. The number of aromatic nitrogens is 6. The number of H-pyrrole nitrogens is 1. The number of aryl methyl sites for hydroxylation is 1. The van der Waals surface area contributed by atoms with Gasteiger partial charge in [-0.3, -0.25) is 0 Å². The molecule has 25 heavy (non-hydrogen) atoms. The van der Waals surface area contributed by atoms with Gasteiger partial charge >= 0.3 is 0 Å². The van der Waals surface area contributed by atoms with E-state index in [-0.39, 0.29) is 0 Å². The van der Waals surface area contributed by atoms with Crippen LogP contribution >= 0.6 is 0 Å². The molecular formula is C17H18N6O2. The molecular weight excluding hydrogens is 320 g/mol. The molecule has 0 fully saturated rings. The molecule has 8 nitrogen and oxygen atoms in total. The maximum Gasteiger partial charge on any atom is 0.293 e. The predicted octanol–water partition coefficient (Wildman–Crippen LogP) is 3.31. The van der Waals surface area contributed by atoms with Gasteiger partial charge in [0.2, 0.25) is 0 Å². The van der Waals surface area contributed by atoms with Crippen molar-refractivity contribution < 1.29 is 8.94 Å². The minimum atomic E-state index is 0.366. The Bertz CT molecular complexity index is 934. The molecule has 0 aliphatic carbocycles. The van der Waals surface area contributed by atoms with Gasteiger partial charge in [-0.25, -0.2) is 9.97 Å². The second-order valence-electron chi connectivity index (χ2n) is 5.72. The number of unbranched alkanes of at least 4 members (excludes halogenated alkanes) is 1. The van der Waals surface area contributed by atoms with Crippen LogP contribution in [0.2, 0.25) is 0 Å². The molecule has 0 amide bonds. The third-order valence-corrected chi connectivity index (χ3v) is 3.86. The zero-order valence-corrected chi connectivity index (χ0v) is 13.8. The van der Waals surface area contributed by atoms with E-state index in [1.54, 1.807) is 24.6 Å². The molecule has 0 saturated heterocycles. The lowest BCUT2D eigenvalue weighted by atomic mass is 10.2. The standard InChI is InChI=1S/C17H18N6O2/c1-2-3-6-14-19-10-12(20-14)16-18-7-8-23(16)11-15-21-17(25-22-15)13-5-4-9-24-13/h4-5,7-10H,2-3,6,11H2,1H3,(H,19,20). The van der Waals surface area contributed by atoms with Crippen LogP contribution in [-0.4, -0.2) is 29.7 Å². The molecule has 0 aliphatic heterocycles. The Hall–Kier alpha value is -3.16. The minimum Gasteiger partial charge on any atom is -0.459 e. The second kappa shape index (κ2) is 6.76. The lowest BCUT2D eigenvalue weighted by Crippen LogP contribution is -2.03. The highest BCUT2D eigenvalue weighted by molar-refractivity contribution is 5.49. The molecule has 4 aromatic rings. The number of hydrogen-bond donors (Lipinski definition) is 1. The highest BCUT2D eigenvalue weighted by atomic mass is 16.5. The van der Waals surface area contributed by atoms with Crippen molar-refractivity contribution in [3.05, 3.63) is 48.6 Å². The molecule has 4 heterocycles. The van der Waals surface area contributed by atoms with Crippen LogP contribution in [0.5, 0.6) is 0 Å². The first-order chi connectivity index (χ1) is 12.3. The van der Waals surface area contributed by atoms with Gasteiger partial charge in [0.1, 0.15) is 11.5 Å². The number of imidazole rings is 2. The summed E-state index contributed by atoms with van der Waals surface area (Å²) in [6.07, 6.45) is 10.2. The number of hydrogen-bond acceptors (Lipinski definition) is 6. The molecule has 0 saturated carbocycles. The van der Waals surface area contributed by atoms with Gasteiger partial charge in [-0.15, -0.1) is 0 Å². The van der Waals surface area contributed by atoms with Gasteiger partial charge in [-0.05, 0) is 18.6 Å². The van der Waals surface area contributed by atoms with Crippen LogP contribution in [-0.2, 0) is 13.0 Å². The molecule has 8 heteroatoms. The van der Waals surface area contributed by atoms with Gasteiger partial charge in [0.05, 0.1) is 19.0 Å². The fraction of sp³-hybridized carbons (Fsp3) is 0.294. The molecule has 0 radical (unpaired) electrons. The zero-order valence-electron chi connectivity index (χ0n) is 13.8. The number of nitrogens with one attached hydrogen (secondary N) is 1. The summed E-state index contributed by atoms with van der Waals surface area (Å²) in [7, 11) is 0.